The van der Waals surface area contributed by atoms with Crippen LogP contribution in [0, 0.1) is 6.92 Å². The van der Waals surface area contributed by atoms with E-state index in [9.17, 15) is 9.90 Å². The number of benzene rings is 1. The highest BCUT2D eigenvalue weighted by Crippen LogP contribution is 2.18. The van der Waals surface area contributed by atoms with E-state index in [0.29, 0.717) is 11.4 Å². The Morgan fingerprint density at radius 1 is 1.45 bits per heavy atom. The number of carbonyl (C=O) groups is 1. The molecule has 2 rings (SSSR count). The Bertz CT molecular complexity index is 619. The van der Waals surface area contributed by atoms with E-state index >= 15 is 0 Å². The molecule has 1 aromatic heterocycles. The molecule has 0 saturated heterocycles. The minimum absolute atomic E-state index is 0.0549. The molecule has 0 radical (unpaired) electrons. The normalized spacial score (nSPS) is 10.8. The summed E-state index contributed by atoms with van der Waals surface area (Å²) < 4.78 is 10.0. The van der Waals surface area contributed by atoms with Crippen molar-refractivity contribution in [2.75, 3.05) is 0 Å². The molecule has 0 bridgehead atoms. The van der Waals surface area contributed by atoms with E-state index in [1.807, 2.05) is 13.8 Å². The van der Waals surface area contributed by atoms with Crippen molar-refractivity contribution in [2.45, 2.75) is 33.3 Å². The van der Waals surface area contributed by atoms with Gasteiger partial charge in [0, 0.05) is 5.92 Å². The van der Waals surface area contributed by atoms with Gasteiger partial charge < -0.3 is 14.4 Å². The predicted octanol–water partition coefficient (Wildman–Crippen LogP) is 2.56. The molecule has 1 aromatic carbocycles. The number of carbonyl (C=O) groups excluding carboxylic acids is 1. The highest BCUT2D eigenvalue weighted by atomic mass is 16.6. The van der Waals surface area contributed by atoms with E-state index in [1.165, 1.54) is 6.07 Å². The van der Waals surface area contributed by atoms with E-state index in [0.717, 1.165) is 0 Å². The molecule has 0 aliphatic carbocycles. The quantitative estimate of drug-likeness (QED) is 0.864. The lowest BCUT2D eigenvalue weighted by Gasteiger charge is -2.04. The smallest absolute Gasteiger partial charge is 0.338 e. The molecule has 1 heterocycles. The number of phenolic OH excluding ortho intramolecular Hbond substituents is 1. The minimum atomic E-state index is -0.551. The summed E-state index contributed by atoms with van der Waals surface area (Å²) in [4.78, 5) is 15.9. The summed E-state index contributed by atoms with van der Waals surface area (Å²) in [7, 11) is 0. The number of aryl methyl sites for hydroxylation is 1. The van der Waals surface area contributed by atoms with Gasteiger partial charge in [0.15, 0.2) is 12.4 Å². The molecule has 1 N–H and O–H groups in total. The zero-order valence-electron chi connectivity index (χ0n) is 11.6. The lowest BCUT2D eigenvalue weighted by Crippen LogP contribution is -2.05. The van der Waals surface area contributed by atoms with Crippen LogP contribution in [0.3, 0.4) is 0 Å². The van der Waals surface area contributed by atoms with E-state index in [-0.39, 0.29) is 29.7 Å². The van der Waals surface area contributed by atoms with Gasteiger partial charge >= 0.3 is 5.97 Å². The van der Waals surface area contributed by atoms with Gasteiger partial charge in [-0.25, -0.2) is 4.79 Å². The van der Waals surface area contributed by atoms with Crippen LogP contribution in [-0.4, -0.2) is 21.2 Å². The van der Waals surface area contributed by atoms with E-state index < -0.39 is 5.97 Å². The maximum atomic E-state index is 11.8. The molecule has 0 amide bonds. The van der Waals surface area contributed by atoms with Crippen molar-refractivity contribution in [3.8, 4) is 5.75 Å². The second kappa shape index (κ2) is 5.73. The maximum absolute atomic E-state index is 11.8. The van der Waals surface area contributed by atoms with Gasteiger partial charge in [-0.1, -0.05) is 25.1 Å². The molecule has 0 aliphatic heterocycles. The van der Waals surface area contributed by atoms with Crippen molar-refractivity contribution in [3.05, 3.63) is 41.0 Å². The van der Waals surface area contributed by atoms with E-state index in [1.54, 1.807) is 19.1 Å². The van der Waals surface area contributed by atoms with Crippen molar-refractivity contribution in [3.63, 3.8) is 0 Å². The van der Waals surface area contributed by atoms with Gasteiger partial charge in [0.05, 0.1) is 5.56 Å². The predicted molar refractivity (Wildman–Crippen MR) is 70.4 cm³/mol. The first-order chi connectivity index (χ1) is 9.47. The number of hydrogen-bond acceptors (Lipinski definition) is 6. The van der Waals surface area contributed by atoms with Gasteiger partial charge in [-0.15, -0.1) is 0 Å². The summed E-state index contributed by atoms with van der Waals surface area (Å²) in [6.45, 7) is 5.54. The molecule has 2 aromatic rings. The summed E-state index contributed by atoms with van der Waals surface area (Å²) >= 11 is 0. The number of nitrogens with zero attached hydrogens (tertiary/aromatic N) is 2. The molecule has 20 heavy (non-hydrogen) atoms. The van der Waals surface area contributed by atoms with Crippen LogP contribution in [0.15, 0.2) is 22.7 Å². The third-order valence-corrected chi connectivity index (χ3v) is 2.77. The fraction of sp³-hybridized carbons (Fsp3) is 0.357. The monoisotopic (exact) mass is 276 g/mol. The standard InChI is InChI=1S/C14H16N2O4/c1-8(2)13-15-12(20-16-13)7-19-14(18)10-5-4-9(3)11(17)6-10/h4-6,8,17H,7H2,1-3H3. The Morgan fingerprint density at radius 3 is 2.80 bits per heavy atom. The van der Waals surface area contributed by atoms with Crippen LogP contribution in [-0.2, 0) is 11.3 Å². The van der Waals surface area contributed by atoms with Crippen LogP contribution in [0.4, 0.5) is 0 Å². The van der Waals surface area contributed by atoms with E-state index in [4.69, 9.17) is 9.26 Å². The largest absolute Gasteiger partial charge is 0.508 e. The minimum Gasteiger partial charge on any atom is -0.508 e. The van der Waals surface area contributed by atoms with Crippen LogP contribution < -0.4 is 0 Å². The Balaban J connectivity index is 1.99. The summed E-state index contributed by atoms with van der Waals surface area (Å²) in [6, 6.07) is 4.60. The topological polar surface area (TPSA) is 85.5 Å². The number of phenols is 1. The first kappa shape index (κ1) is 14.0. The first-order valence-corrected chi connectivity index (χ1v) is 6.26. The highest BCUT2D eigenvalue weighted by Gasteiger charge is 2.13. The van der Waals surface area contributed by atoms with Crippen LogP contribution in [0.2, 0.25) is 0 Å². The lowest BCUT2D eigenvalue weighted by atomic mass is 10.1. The van der Waals surface area contributed by atoms with Crippen molar-refractivity contribution in [1.29, 1.82) is 0 Å². The van der Waals surface area contributed by atoms with Gasteiger partial charge in [0.2, 0.25) is 0 Å². The molecule has 6 nitrogen and oxygen atoms in total. The second-order valence-electron chi connectivity index (χ2n) is 4.78. The van der Waals surface area contributed by atoms with Gasteiger partial charge in [0.1, 0.15) is 5.75 Å². The molecule has 0 spiro atoms. The molecule has 0 atom stereocenters. The van der Waals surface area contributed by atoms with Crippen LogP contribution in [0.5, 0.6) is 5.75 Å². The van der Waals surface area contributed by atoms with Crippen LogP contribution in [0.1, 0.15) is 47.4 Å². The van der Waals surface area contributed by atoms with Crippen LogP contribution >= 0.6 is 0 Å². The van der Waals surface area contributed by atoms with Gasteiger partial charge in [-0.2, -0.15) is 4.98 Å². The molecule has 0 aliphatic rings. The SMILES string of the molecule is Cc1ccc(C(=O)OCc2nc(C(C)C)no2)cc1O. The van der Waals surface area contributed by atoms with Crippen molar-refractivity contribution >= 4 is 5.97 Å². The Morgan fingerprint density at radius 2 is 2.20 bits per heavy atom. The number of rotatable bonds is 4. The third-order valence-electron chi connectivity index (χ3n) is 2.77. The second-order valence-corrected chi connectivity index (χ2v) is 4.78. The summed E-state index contributed by atoms with van der Waals surface area (Å²) in [6.07, 6.45) is 0. The zero-order chi connectivity index (χ0) is 14.7. The number of ether oxygens (including phenoxy) is 1. The molecule has 0 fully saturated rings. The molecular formula is C14H16N2O4. The van der Waals surface area contributed by atoms with Gasteiger partial charge in [-0.05, 0) is 24.6 Å². The molecule has 6 heteroatoms. The maximum Gasteiger partial charge on any atom is 0.338 e. The number of aromatic nitrogens is 2. The van der Waals surface area contributed by atoms with Gasteiger partial charge in [-0.3, -0.25) is 0 Å². The van der Waals surface area contributed by atoms with Crippen LogP contribution in [0.25, 0.3) is 0 Å². The summed E-state index contributed by atoms with van der Waals surface area (Å²) in [5.74, 6) is 0.476. The van der Waals surface area contributed by atoms with Crippen molar-refractivity contribution in [2.24, 2.45) is 0 Å². The number of esters is 1. The lowest BCUT2D eigenvalue weighted by molar-refractivity contribution is 0.0429. The fourth-order valence-electron chi connectivity index (χ4n) is 1.51. The van der Waals surface area contributed by atoms with Crippen molar-refractivity contribution < 1.29 is 19.2 Å². The Hall–Kier alpha value is -2.37. The molecular weight excluding hydrogens is 260 g/mol. The van der Waals surface area contributed by atoms with Crippen molar-refractivity contribution in [1.82, 2.24) is 10.1 Å². The number of hydrogen-bond donors (Lipinski definition) is 1. The van der Waals surface area contributed by atoms with Gasteiger partial charge in [0.25, 0.3) is 5.89 Å². The summed E-state index contributed by atoms with van der Waals surface area (Å²) in [5.41, 5.74) is 0.969. The average Bonchev–Trinajstić information content (AvgIpc) is 2.88. The first-order valence-electron chi connectivity index (χ1n) is 6.26. The Kier molecular flexibility index (Phi) is 4.02. The highest BCUT2D eigenvalue weighted by molar-refractivity contribution is 5.89. The molecule has 0 saturated carbocycles. The Labute approximate surface area is 116 Å². The third kappa shape index (κ3) is 3.14. The molecule has 0 unspecified atom stereocenters. The van der Waals surface area contributed by atoms with E-state index in [2.05, 4.69) is 10.1 Å². The molecule has 106 valence electrons. The fourth-order valence-corrected chi connectivity index (χ4v) is 1.51. The zero-order valence-corrected chi connectivity index (χ0v) is 11.6. The number of aromatic hydroxyl groups is 1. The average molecular weight is 276 g/mol. The summed E-state index contributed by atoms with van der Waals surface area (Å²) in [5, 5.41) is 13.3.